The van der Waals surface area contributed by atoms with E-state index in [1.807, 2.05) is 30.3 Å². The van der Waals surface area contributed by atoms with Crippen molar-refractivity contribution in [1.29, 1.82) is 0 Å². The monoisotopic (exact) mass is 394 g/mol. The number of carbonyl (C=O) groups is 1. The molecule has 154 valence electrons. The van der Waals surface area contributed by atoms with Gasteiger partial charge < -0.3 is 19.9 Å². The van der Waals surface area contributed by atoms with Crippen molar-refractivity contribution in [2.24, 2.45) is 5.92 Å². The molecule has 0 unspecified atom stereocenters. The van der Waals surface area contributed by atoms with Crippen LogP contribution in [0.5, 0.6) is 5.75 Å². The number of pyridine rings is 1. The van der Waals surface area contributed by atoms with Crippen molar-refractivity contribution >= 4 is 23.1 Å². The number of nitrogens with one attached hydrogen (secondary N) is 1. The lowest BCUT2D eigenvalue weighted by molar-refractivity contribution is -0.120. The molecule has 0 radical (unpaired) electrons. The Labute approximate surface area is 172 Å². The third-order valence-corrected chi connectivity index (χ3v) is 6.02. The fourth-order valence-corrected chi connectivity index (χ4v) is 4.32. The first-order valence-electron chi connectivity index (χ1n) is 10.6. The number of amides is 1. The van der Waals surface area contributed by atoms with E-state index in [1.165, 1.54) is 6.42 Å². The Morgan fingerprint density at radius 1 is 1.00 bits per heavy atom. The van der Waals surface area contributed by atoms with Crippen LogP contribution in [-0.2, 0) is 4.79 Å². The lowest BCUT2D eigenvalue weighted by atomic mass is 9.88. The maximum Gasteiger partial charge on any atom is 0.227 e. The molecule has 1 aliphatic carbocycles. The van der Waals surface area contributed by atoms with Gasteiger partial charge in [-0.15, -0.1) is 0 Å². The molecule has 1 N–H and O–H groups in total. The molecule has 1 aromatic heterocycles. The van der Waals surface area contributed by atoms with Crippen LogP contribution >= 0.6 is 0 Å². The lowest BCUT2D eigenvalue weighted by Gasteiger charge is -2.37. The molecule has 6 nitrogen and oxygen atoms in total. The van der Waals surface area contributed by atoms with Gasteiger partial charge in [-0.3, -0.25) is 4.79 Å². The molecule has 0 atom stereocenters. The Hall–Kier alpha value is -2.76. The topological polar surface area (TPSA) is 57.7 Å². The smallest absolute Gasteiger partial charge is 0.227 e. The van der Waals surface area contributed by atoms with E-state index in [2.05, 4.69) is 26.2 Å². The third-order valence-electron chi connectivity index (χ3n) is 6.02. The largest absolute Gasteiger partial charge is 0.495 e. The van der Waals surface area contributed by atoms with Crippen LogP contribution in [0, 0.1) is 5.92 Å². The predicted molar refractivity (Wildman–Crippen MR) is 117 cm³/mol. The number of benzene rings is 1. The number of aromatic nitrogens is 1. The number of hydrogen-bond donors (Lipinski definition) is 1. The summed E-state index contributed by atoms with van der Waals surface area (Å²) < 4.78 is 5.50. The van der Waals surface area contributed by atoms with Gasteiger partial charge >= 0.3 is 0 Å². The third kappa shape index (κ3) is 4.63. The van der Waals surface area contributed by atoms with Crippen molar-refractivity contribution in [3.8, 4) is 5.75 Å². The average Bonchev–Trinajstić information content (AvgIpc) is 2.80. The van der Waals surface area contributed by atoms with E-state index in [4.69, 9.17) is 4.74 Å². The molecule has 2 aromatic rings. The van der Waals surface area contributed by atoms with Gasteiger partial charge in [-0.25, -0.2) is 4.98 Å². The normalized spacial score (nSPS) is 17.8. The number of ether oxygens (including phenoxy) is 1. The molecule has 0 bridgehead atoms. The number of anilines is 3. The second-order valence-corrected chi connectivity index (χ2v) is 7.88. The number of methoxy groups -OCH3 is 1. The summed E-state index contributed by atoms with van der Waals surface area (Å²) in [5.41, 5.74) is 1.93. The molecule has 2 aliphatic rings. The Kier molecular flexibility index (Phi) is 6.17. The maximum atomic E-state index is 12.4. The van der Waals surface area contributed by atoms with Crippen LogP contribution in [0.1, 0.15) is 32.1 Å². The second-order valence-electron chi connectivity index (χ2n) is 7.88. The Morgan fingerprint density at radius 2 is 1.72 bits per heavy atom. The summed E-state index contributed by atoms with van der Waals surface area (Å²) >= 11 is 0. The second kappa shape index (κ2) is 9.16. The highest BCUT2D eigenvalue weighted by molar-refractivity contribution is 5.92. The summed E-state index contributed by atoms with van der Waals surface area (Å²) in [5.74, 6) is 2.17. The lowest BCUT2D eigenvalue weighted by Crippen LogP contribution is -2.46. The van der Waals surface area contributed by atoms with E-state index in [-0.39, 0.29) is 11.8 Å². The quantitative estimate of drug-likeness (QED) is 0.833. The van der Waals surface area contributed by atoms with Gasteiger partial charge in [-0.05, 0) is 37.1 Å². The zero-order valence-corrected chi connectivity index (χ0v) is 17.1. The first kappa shape index (κ1) is 19.6. The van der Waals surface area contributed by atoms with E-state index in [0.717, 1.165) is 74.8 Å². The molecule has 2 heterocycles. The molecule has 2 fully saturated rings. The van der Waals surface area contributed by atoms with Crippen LogP contribution in [0.4, 0.5) is 17.2 Å². The zero-order valence-electron chi connectivity index (χ0n) is 17.1. The summed E-state index contributed by atoms with van der Waals surface area (Å²) in [5, 5.41) is 3.04. The number of piperazine rings is 1. The van der Waals surface area contributed by atoms with E-state index >= 15 is 0 Å². The first-order valence-corrected chi connectivity index (χ1v) is 10.6. The van der Waals surface area contributed by atoms with E-state index in [9.17, 15) is 4.79 Å². The summed E-state index contributed by atoms with van der Waals surface area (Å²) in [6.07, 6.45) is 7.38. The molecular weight excluding hydrogens is 364 g/mol. The fourth-order valence-electron chi connectivity index (χ4n) is 4.32. The summed E-state index contributed by atoms with van der Waals surface area (Å²) in [6.45, 7) is 3.64. The van der Waals surface area contributed by atoms with Gasteiger partial charge in [0.05, 0.1) is 24.7 Å². The summed E-state index contributed by atoms with van der Waals surface area (Å²) in [6, 6.07) is 12.1. The molecule has 4 rings (SSSR count). The fraction of sp³-hybridized carbons (Fsp3) is 0.478. The van der Waals surface area contributed by atoms with Crippen LogP contribution in [0.2, 0.25) is 0 Å². The zero-order chi connectivity index (χ0) is 20.1. The highest BCUT2D eigenvalue weighted by Crippen LogP contribution is 2.29. The first-order chi connectivity index (χ1) is 14.2. The number of carbonyl (C=O) groups excluding carboxylic acids is 1. The molecule has 1 saturated carbocycles. The molecule has 1 aromatic carbocycles. The van der Waals surface area contributed by atoms with Gasteiger partial charge in [0.2, 0.25) is 5.91 Å². The van der Waals surface area contributed by atoms with Crippen LogP contribution in [0.3, 0.4) is 0 Å². The number of rotatable bonds is 5. The van der Waals surface area contributed by atoms with Crippen molar-refractivity contribution in [1.82, 2.24) is 4.98 Å². The summed E-state index contributed by atoms with van der Waals surface area (Å²) in [4.78, 5) is 21.7. The van der Waals surface area contributed by atoms with Crippen molar-refractivity contribution in [2.75, 3.05) is 48.4 Å². The Bertz CT molecular complexity index is 810. The van der Waals surface area contributed by atoms with E-state index in [1.54, 1.807) is 13.3 Å². The predicted octanol–water partition coefficient (Wildman–Crippen LogP) is 3.94. The number of nitrogens with zero attached hydrogens (tertiary/aromatic N) is 3. The van der Waals surface area contributed by atoms with E-state index in [0.29, 0.717) is 0 Å². The Morgan fingerprint density at radius 3 is 2.41 bits per heavy atom. The highest BCUT2D eigenvalue weighted by Gasteiger charge is 2.22. The highest BCUT2D eigenvalue weighted by atomic mass is 16.5. The van der Waals surface area contributed by atoms with Crippen molar-refractivity contribution in [2.45, 2.75) is 32.1 Å². The van der Waals surface area contributed by atoms with Crippen LogP contribution in [-0.4, -0.2) is 44.2 Å². The molecular formula is C23H30N4O2. The van der Waals surface area contributed by atoms with Gasteiger partial charge in [-0.1, -0.05) is 31.4 Å². The van der Waals surface area contributed by atoms with Gasteiger partial charge in [0.1, 0.15) is 11.6 Å². The van der Waals surface area contributed by atoms with Crippen LogP contribution in [0.25, 0.3) is 0 Å². The van der Waals surface area contributed by atoms with Crippen LogP contribution in [0.15, 0.2) is 42.6 Å². The van der Waals surface area contributed by atoms with Gasteiger partial charge in [-0.2, -0.15) is 0 Å². The van der Waals surface area contributed by atoms with Gasteiger partial charge in [0, 0.05) is 32.1 Å². The molecule has 1 aliphatic heterocycles. The number of para-hydroxylation sites is 2. The molecule has 6 heteroatoms. The molecule has 1 saturated heterocycles. The molecule has 1 amide bonds. The van der Waals surface area contributed by atoms with Crippen molar-refractivity contribution in [3.05, 3.63) is 42.6 Å². The maximum absolute atomic E-state index is 12.4. The minimum absolute atomic E-state index is 0.143. The average molecular weight is 395 g/mol. The molecule has 29 heavy (non-hydrogen) atoms. The van der Waals surface area contributed by atoms with Gasteiger partial charge in [0.25, 0.3) is 0 Å². The van der Waals surface area contributed by atoms with Crippen LogP contribution < -0.4 is 19.9 Å². The Balaban J connectivity index is 1.32. The minimum Gasteiger partial charge on any atom is -0.495 e. The standard InChI is InChI=1S/C23H30N4O2/c1-29-21-10-6-5-9-20(21)26-13-15-27(16-14-26)22-12-11-19(17-24-22)25-23(28)18-7-3-2-4-8-18/h5-6,9-12,17-18H,2-4,7-8,13-16H2,1H3,(H,25,28). The molecule has 0 spiro atoms. The minimum atomic E-state index is 0.143. The van der Waals surface area contributed by atoms with Crippen molar-refractivity contribution < 1.29 is 9.53 Å². The van der Waals surface area contributed by atoms with Gasteiger partial charge in [0.15, 0.2) is 0 Å². The number of hydrogen-bond acceptors (Lipinski definition) is 5. The SMILES string of the molecule is COc1ccccc1N1CCN(c2ccc(NC(=O)C3CCCCC3)cn2)CC1. The summed E-state index contributed by atoms with van der Waals surface area (Å²) in [7, 11) is 1.72. The van der Waals surface area contributed by atoms with E-state index < -0.39 is 0 Å². The van der Waals surface area contributed by atoms with Crippen molar-refractivity contribution in [3.63, 3.8) is 0 Å².